The van der Waals surface area contributed by atoms with E-state index >= 15 is 0 Å². The van der Waals surface area contributed by atoms with Crippen LogP contribution in [-0.2, 0) is 20.0 Å². The number of benzene rings is 2. The summed E-state index contributed by atoms with van der Waals surface area (Å²) in [5.41, 5.74) is 0.508. The number of para-hydroxylation sites is 2. The van der Waals surface area contributed by atoms with Crippen LogP contribution in [0.15, 0.2) is 53.4 Å². The number of carbonyl (C=O) groups excluding carboxylic acids is 1. The van der Waals surface area contributed by atoms with Gasteiger partial charge in [0.25, 0.3) is 15.9 Å². The first-order valence-corrected chi connectivity index (χ1v) is 13.5. The highest BCUT2D eigenvalue weighted by molar-refractivity contribution is 7.92. The largest absolute Gasteiger partial charge is 0.495 e. The molecule has 1 unspecified atom stereocenters. The molecule has 1 saturated heterocycles. The van der Waals surface area contributed by atoms with E-state index in [1.165, 1.54) is 25.3 Å². The van der Waals surface area contributed by atoms with Gasteiger partial charge in [-0.1, -0.05) is 18.2 Å². The molecule has 2 aromatic rings. The van der Waals surface area contributed by atoms with Crippen molar-refractivity contribution in [3.05, 3.63) is 54.1 Å². The van der Waals surface area contributed by atoms with E-state index in [0.29, 0.717) is 18.7 Å². The lowest BCUT2D eigenvalue weighted by Crippen LogP contribution is -2.49. The molecule has 1 fully saturated rings. The number of carbonyl (C=O) groups is 1. The molecule has 32 heavy (non-hydrogen) atoms. The topological polar surface area (TPSA) is 122 Å². The van der Waals surface area contributed by atoms with Crippen molar-refractivity contribution >= 4 is 31.6 Å². The molecule has 0 saturated carbocycles. The Morgan fingerprint density at radius 2 is 1.84 bits per heavy atom. The van der Waals surface area contributed by atoms with Crippen molar-refractivity contribution in [3.8, 4) is 5.75 Å². The van der Waals surface area contributed by atoms with E-state index in [9.17, 15) is 21.6 Å². The van der Waals surface area contributed by atoms with E-state index < -0.39 is 20.0 Å². The summed E-state index contributed by atoms with van der Waals surface area (Å²) in [6.45, 7) is 0.600. The molecule has 1 aliphatic rings. The van der Waals surface area contributed by atoms with Gasteiger partial charge in [0.15, 0.2) is 0 Å². The smallest absolute Gasteiger partial charge is 0.262 e. The van der Waals surface area contributed by atoms with E-state index in [2.05, 4.69) is 9.44 Å². The zero-order valence-electron chi connectivity index (χ0n) is 17.9. The lowest BCUT2D eigenvalue weighted by atomic mass is 10.0. The molecule has 2 aromatic carbocycles. The van der Waals surface area contributed by atoms with E-state index in [1.54, 1.807) is 35.2 Å². The summed E-state index contributed by atoms with van der Waals surface area (Å²) < 4.78 is 59.0. The maximum atomic E-state index is 13.2. The monoisotopic (exact) mass is 481 g/mol. The minimum Gasteiger partial charge on any atom is -0.495 e. The van der Waals surface area contributed by atoms with Crippen molar-refractivity contribution in [2.75, 3.05) is 31.2 Å². The highest BCUT2D eigenvalue weighted by Crippen LogP contribution is 2.27. The number of ether oxygens (including phenoxy) is 1. The molecule has 0 aromatic heterocycles. The second-order valence-corrected chi connectivity index (χ2v) is 11.1. The van der Waals surface area contributed by atoms with Crippen LogP contribution in [0.2, 0.25) is 0 Å². The quantitative estimate of drug-likeness (QED) is 0.595. The Balaban J connectivity index is 1.83. The van der Waals surface area contributed by atoms with Gasteiger partial charge in [0, 0.05) is 24.7 Å². The molecule has 0 spiro atoms. The standard InChI is InChI=1S/C21H27N3O6S2/c1-30-20-12-4-3-11-19(20)23-32(28,29)18-10-7-8-16(14-18)21(25)24-13-6-5-9-17(24)15-22-31(2,26)27/h3-4,7-8,10-12,14,17,22-23H,5-6,9,13,15H2,1-2H3. The van der Waals surface area contributed by atoms with Gasteiger partial charge in [-0.15, -0.1) is 0 Å². The number of anilines is 1. The van der Waals surface area contributed by atoms with Crippen LogP contribution in [0, 0.1) is 0 Å². The number of amides is 1. The van der Waals surface area contributed by atoms with Gasteiger partial charge in [0.05, 0.1) is 23.9 Å². The highest BCUT2D eigenvalue weighted by atomic mass is 32.2. The van der Waals surface area contributed by atoms with Crippen LogP contribution in [-0.4, -0.2) is 60.1 Å². The van der Waals surface area contributed by atoms with Gasteiger partial charge in [-0.3, -0.25) is 9.52 Å². The highest BCUT2D eigenvalue weighted by Gasteiger charge is 2.29. The first-order valence-electron chi connectivity index (χ1n) is 10.1. The van der Waals surface area contributed by atoms with Gasteiger partial charge in [-0.05, 0) is 49.6 Å². The zero-order chi connectivity index (χ0) is 23.4. The number of piperidine rings is 1. The minimum atomic E-state index is -3.97. The van der Waals surface area contributed by atoms with Gasteiger partial charge >= 0.3 is 0 Å². The van der Waals surface area contributed by atoms with E-state index in [1.807, 2.05) is 0 Å². The fourth-order valence-corrected chi connectivity index (χ4v) is 5.23. The average molecular weight is 482 g/mol. The Bertz CT molecular complexity index is 1180. The predicted octanol–water partition coefficient (Wildman–Crippen LogP) is 2.04. The first kappa shape index (κ1) is 24.0. The lowest BCUT2D eigenvalue weighted by Gasteiger charge is -2.36. The summed E-state index contributed by atoms with van der Waals surface area (Å²) in [7, 11) is -5.91. The number of hydrogen-bond acceptors (Lipinski definition) is 6. The van der Waals surface area contributed by atoms with Gasteiger partial charge in [-0.25, -0.2) is 21.6 Å². The molecular weight excluding hydrogens is 454 g/mol. The molecule has 11 heteroatoms. The summed E-state index contributed by atoms with van der Waals surface area (Å²) >= 11 is 0. The number of likely N-dealkylation sites (tertiary alicyclic amines) is 1. The number of hydrogen-bond donors (Lipinski definition) is 2. The fraction of sp³-hybridized carbons (Fsp3) is 0.381. The average Bonchev–Trinajstić information content (AvgIpc) is 2.77. The van der Waals surface area contributed by atoms with Crippen LogP contribution in [0.1, 0.15) is 29.6 Å². The summed E-state index contributed by atoms with van der Waals surface area (Å²) in [4.78, 5) is 14.7. The Kier molecular flexibility index (Phi) is 7.42. The maximum Gasteiger partial charge on any atom is 0.262 e. The van der Waals surface area contributed by atoms with Gasteiger partial charge in [-0.2, -0.15) is 0 Å². The molecule has 174 valence electrons. The molecule has 0 aliphatic carbocycles. The second-order valence-electron chi connectivity index (χ2n) is 7.60. The van der Waals surface area contributed by atoms with Gasteiger partial charge in [0.1, 0.15) is 5.75 Å². The third-order valence-corrected chi connectivity index (χ3v) is 7.27. The summed E-state index contributed by atoms with van der Waals surface area (Å²) in [5.74, 6) is 0.0391. The molecule has 1 aliphatic heterocycles. The Morgan fingerprint density at radius 3 is 2.56 bits per heavy atom. The third kappa shape index (κ3) is 5.99. The summed E-state index contributed by atoms with van der Waals surface area (Å²) in [6.07, 6.45) is 3.43. The van der Waals surface area contributed by atoms with Gasteiger partial charge in [0.2, 0.25) is 10.0 Å². The first-order chi connectivity index (χ1) is 15.1. The second kappa shape index (κ2) is 9.88. The number of nitrogens with one attached hydrogen (secondary N) is 2. The number of rotatable bonds is 8. The van der Waals surface area contributed by atoms with Crippen molar-refractivity contribution in [3.63, 3.8) is 0 Å². The van der Waals surface area contributed by atoms with Crippen LogP contribution in [0.4, 0.5) is 5.69 Å². The van der Waals surface area contributed by atoms with Crippen molar-refractivity contribution in [2.45, 2.75) is 30.2 Å². The fourth-order valence-electron chi connectivity index (χ4n) is 3.62. The molecule has 2 N–H and O–H groups in total. The third-order valence-electron chi connectivity index (χ3n) is 5.21. The molecule has 1 heterocycles. The summed E-state index contributed by atoms with van der Waals surface area (Å²) in [6, 6.07) is 12.1. The Morgan fingerprint density at radius 1 is 1.09 bits per heavy atom. The number of nitrogens with zero attached hydrogens (tertiary/aromatic N) is 1. The molecule has 1 amide bonds. The van der Waals surface area contributed by atoms with Crippen LogP contribution in [0.25, 0.3) is 0 Å². The van der Waals surface area contributed by atoms with E-state index in [4.69, 9.17) is 4.74 Å². The number of sulfonamides is 2. The van der Waals surface area contributed by atoms with Crippen molar-refractivity contribution in [1.82, 2.24) is 9.62 Å². The van der Waals surface area contributed by atoms with Crippen LogP contribution < -0.4 is 14.2 Å². The Hall–Kier alpha value is -2.63. The SMILES string of the molecule is COc1ccccc1NS(=O)(=O)c1cccc(C(=O)N2CCCCC2CNS(C)(=O)=O)c1. The minimum absolute atomic E-state index is 0.0583. The molecule has 9 nitrogen and oxygen atoms in total. The van der Waals surface area contributed by atoms with E-state index in [-0.39, 0.29) is 34.6 Å². The van der Waals surface area contributed by atoms with Gasteiger partial charge < -0.3 is 9.64 Å². The zero-order valence-corrected chi connectivity index (χ0v) is 19.6. The van der Waals surface area contributed by atoms with E-state index in [0.717, 1.165) is 19.1 Å². The summed E-state index contributed by atoms with van der Waals surface area (Å²) in [5, 5.41) is 0. The molecular formula is C21H27N3O6S2. The van der Waals surface area contributed by atoms with Crippen molar-refractivity contribution < 1.29 is 26.4 Å². The molecule has 0 bridgehead atoms. The molecule has 3 rings (SSSR count). The molecule has 1 atom stereocenters. The maximum absolute atomic E-state index is 13.2. The normalized spacial score (nSPS) is 17.1. The van der Waals surface area contributed by atoms with Crippen LogP contribution in [0.5, 0.6) is 5.75 Å². The lowest BCUT2D eigenvalue weighted by molar-refractivity contribution is 0.0618. The molecule has 0 radical (unpaired) electrons. The Labute approximate surface area is 188 Å². The number of methoxy groups -OCH3 is 1. The van der Waals surface area contributed by atoms with Crippen LogP contribution in [0.3, 0.4) is 0 Å². The van der Waals surface area contributed by atoms with Crippen molar-refractivity contribution in [2.24, 2.45) is 0 Å². The predicted molar refractivity (Wildman–Crippen MR) is 122 cm³/mol. The van der Waals surface area contributed by atoms with Crippen LogP contribution >= 0.6 is 0 Å². The van der Waals surface area contributed by atoms with Crippen molar-refractivity contribution in [1.29, 1.82) is 0 Å².